The van der Waals surface area contributed by atoms with Gasteiger partial charge in [-0.3, -0.25) is 0 Å². The lowest BCUT2D eigenvalue weighted by atomic mass is 9.96. The van der Waals surface area contributed by atoms with Gasteiger partial charge in [0.25, 0.3) is 0 Å². The van der Waals surface area contributed by atoms with E-state index in [-0.39, 0.29) is 0 Å². The number of rotatable bonds is 9. The first kappa shape index (κ1) is 16.6. The van der Waals surface area contributed by atoms with Crippen LogP contribution in [0.4, 0.5) is 0 Å². The van der Waals surface area contributed by atoms with E-state index in [2.05, 4.69) is 50.5 Å². The van der Waals surface area contributed by atoms with Crippen LogP contribution in [0.25, 0.3) is 0 Å². The standard InChI is InChI=1S/C16H21BrN2OS/c1-20-7-5-18-12-14(11-16-19-6-8-21-16)9-13-3-2-4-15(17)10-13/h2-4,6,8,10,14,18H,5,7,9,11-12H2,1H3. The average molecular weight is 369 g/mol. The van der Waals surface area contributed by atoms with Gasteiger partial charge in [-0.2, -0.15) is 0 Å². The van der Waals surface area contributed by atoms with Crippen molar-refractivity contribution in [2.75, 3.05) is 26.8 Å². The summed E-state index contributed by atoms with van der Waals surface area (Å²) in [6.45, 7) is 2.62. The zero-order chi connectivity index (χ0) is 14.9. The molecule has 0 spiro atoms. The summed E-state index contributed by atoms with van der Waals surface area (Å²) in [5.74, 6) is 0.544. The fourth-order valence-electron chi connectivity index (χ4n) is 2.29. The highest BCUT2D eigenvalue weighted by Gasteiger charge is 2.12. The van der Waals surface area contributed by atoms with Crippen LogP contribution < -0.4 is 5.32 Å². The van der Waals surface area contributed by atoms with Gasteiger partial charge >= 0.3 is 0 Å². The Balaban J connectivity index is 1.93. The fraction of sp³-hybridized carbons (Fsp3) is 0.438. The van der Waals surface area contributed by atoms with Crippen LogP contribution in [0.5, 0.6) is 0 Å². The minimum atomic E-state index is 0.544. The van der Waals surface area contributed by atoms with Crippen LogP contribution in [-0.2, 0) is 17.6 Å². The van der Waals surface area contributed by atoms with E-state index >= 15 is 0 Å². The molecule has 0 radical (unpaired) electrons. The molecule has 0 aliphatic heterocycles. The van der Waals surface area contributed by atoms with Crippen molar-refractivity contribution in [1.29, 1.82) is 0 Å². The van der Waals surface area contributed by atoms with Gasteiger partial charge in [0.05, 0.1) is 11.6 Å². The van der Waals surface area contributed by atoms with Crippen LogP contribution >= 0.6 is 27.3 Å². The molecule has 1 heterocycles. The van der Waals surface area contributed by atoms with E-state index in [1.165, 1.54) is 10.6 Å². The molecule has 21 heavy (non-hydrogen) atoms. The topological polar surface area (TPSA) is 34.1 Å². The Kier molecular flexibility index (Phi) is 7.36. The quantitative estimate of drug-likeness (QED) is 0.687. The summed E-state index contributed by atoms with van der Waals surface area (Å²) in [6.07, 6.45) is 3.96. The van der Waals surface area contributed by atoms with Crippen molar-refractivity contribution in [3.8, 4) is 0 Å². The molecule has 1 aromatic heterocycles. The lowest BCUT2D eigenvalue weighted by molar-refractivity contribution is 0.197. The summed E-state index contributed by atoms with van der Waals surface area (Å²) in [6, 6.07) is 8.55. The Morgan fingerprint density at radius 3 is 3.00 bits per heavy atom. The third kappa shape index (κ3) is 6.26. The summed E-state index contributed by atoms with van der Waals surface area (Å²) < 4.78 is 6.22. The number of halogens is 1. The van der Waals surface area contributed by atoms with Gasteiger partial charge in [0, 0.05) is 36.1 Å². The minimum Gasteiger partial charge on any atom is -0.383 e. The Labute approximate surface area is 138 Å². The average Bonchev–Trinajstić information content (AvgIpc) is 2.96. The van der Waals surface area contributed by atoms with Gasteiger partial charge in [-0.05, 0) is 36.6 Å². The Morgan fingerprint density at radius 1 is 1.38 bits per heavy atom. The minimum absolute atomic E-state index is 0.544. The van der Waals surface area contributed by atoms with Gasteiger partial charge in [0.15, 0.2) is 0 Å². The fourth-order valence-corrected chi connectivity index (χ4v) is 3.47. The largest absolute Gasteiger partial charge is 0.383 e. The molecule has 0 saturated heterocycles. The summed E-state index contributed by atoms with van der Waals surface area (Å²) in [4.78, 5) is 4.42. The van der Waals surface area contributed by atoms with Crippen molar-refractivity contribution in [3.63, 3.8) is 0 Å². The van der Waals surface area contributed by atoms with E-state index in [0.717, 1.165) is 37.0 Å². The molecule has 0 fully saturated rings. The molecule has 1 atom stereocenters. The third-order valence-electron chi connectivity index (χ3n) is 3.28. The smallest absolute Gasteiger partial charge is 0.0928 e. The molecule has 2 rings (SSSR count). The van der Waals surface area contributed by atoms with Crippen LogP contribution in [-0.4, -0.2) is 31.8 Å². The Morgan fingerprint density at radius 2 is 2.29 bits per heavy atom. The predicted octanol–water partition coefficient (Wildman–Crippen LogP) is 3.54. The summed E-state index contributed by atoms with van der Waals surface area (Å²) in [7, 11) is 1.73. The van der Waals surface area contributed by atoms with Gasteiger partial charge in [0.1, 0.15) is 0 Å². The second-order valence-corrected chi connectivity index (χ2v) is 6.92. The molecular formula is C16H21BrN2OS. The highest BCUT2D eigenvalue weighted by atomic mass is 79.9. The predicted molar refractivity (Wildman–Crippen MR) is 91.9 cm³/mol. The molecule has 0 amide bonds. The molecule has 3 nitrogen and oxygen atoms in total. The highest BCUT2D eigenvalue weighted by Crippen LogP contribution is 2.18. The Bertz CT molecular complexity index is 519. The molecule has 0 saturated carbocycles. The number of thiazole rings is 1. The van der Waals surface area contributed by atoms with E-state index < -0.39 is 0 Å². The van der Waals surface area contributed by atoms with Gasteiger partial charge in [-0.1, -0.05) is 28.1 Å². The number of nitrogens with zero attached hydrogens (tertiary/aromatic N) is 1. The SMILES string of the molecule is COCCNCC(Cc1cccc(Br)c1)Cc1nccs1. The molecule has 1 aromatic carbocycles. The number of aromatic nitrogens is 1. The number of benzene rings is 1. The van der Waals surface area contributed by atoms with Gasteiger partial charge in [0.2, 0.25) is 0 Å². The molecule has 5 heteroatoms. The first-order valence-electron chi connectivity index (χ1n) is 7.10. The van der Waals surface area contributed by atoms with E-state index in [1.54, 1.807) is 18.4 Å². The van der Waals surface area contributed by atoms with Crippen molar-refractivity contribution in [2.45, 2.75) is 12.8 Å². The summed E-state index contributed by atoms with van der Waals surface area (Å²) in [5.41, 5.74) is 1.36. The maximum atomic E-state index is 5.08. The summed E-state index contributed by atoms with van der Waals surface area (Å²) >= 11 is 5.28. The van der Waals surface area contributed by atoms with E-state index in [0.29, 0.717) is 5.92 Å². The second-order valence-electron chi connectivity index (χ2n) is 5.03. The van der Waals surface area contributed by atoms with Crippen molar-refractivity contribution in [3.05, 3.63) is 50.9 Å². The zero-order valence-electron chi connectivity index (χ0n) is 12.2. The van der Waals surface area contributed by atoms with Gasteiger partial charge in [-0.25, -0.2) is 4.98 Å². The van der Waals surface area contributed by atoms with Crippen LogP contribution in [0.15, 0.2) is 40.3 Å². The molecule has 2 aromatic rings. The van der Waals surface area contributed by atoms with Gasteiger partial charge < -0.3 is 10.1 Å². The number of hydrogen-bond acceptors (Lipinski definition) is 4. The number of ether oxygens (including phenoxy) is 1. The Hall–Kier alpha value is -0.750. The molecule has 1 unspecified atom stereocenters. The molecule has 1 N–H and O–H groups in total. The number of hydrogen-bond donors (Lipinski definition) is 1. The van der Waals surface area contributed by atoms with Crippen LogP contribution in [0, 0.1) is 5.92 Å². The van der Waals surface area contributed by atoms with E-state index in [9.17, 15) is 0 Å². The maximum Gasteiger partial charge on any atom is 0.0928 e. The molecule has 0 aliphatic rings. The monoisotopic (exact) mass is 368 g/mol. The lowest BCUT2D eigenvalue weighted by Crippen LogP contribution is -2.28. The van der Waals surface area contributed by atoms with E-state index in [1.807, 2.05) is 11.6 Å². The van der Waals surface area contributed by atoms with E-state index in [4.69, 9.17) is 4.74 Å². The maximum absolute atomic E-state index is 5.08. The van der Waals surface area contributed by atoms with Crippen molar-refractivity contribution < 1.29 is 4.74 Å². The normalized spacial score (nSPS) is 12.5. The number of methoxy groups -OCH3 is 1. The van der Waals surface area contributed by atoms with Crippen molar-refractivity contribution in [1.82, 2.24) is 10.3 Å². The summed E-state index contributed by atoms with van der Waals surface area (Å²) in [5, 5.41) is 6.73. The number of nitrogens with one attached hydrogen (secondary N) is 1. The molecule has 0 bridgehead atoms. The van der Waals surface area contributed by atoms with Crippen LogP contribution in [0.2, 0.25) is 0 Å². The first-order valence-corrected chi connectivity index (χ1v) is 8.77. The van der Waals surface area contributed by atoms with Crippen LogP contribution in [0.1, 0.15) is 10.6 Å². The second kappa shape index (κ2) is 9.30. The first-order chi connectivity index (χ1) is 10.3. The third-order valence-corrected chi connectivity index (χ3v) is 4.57. The lowest BCUT2D eigenvalue weighted by Gasteiger charge is -2.17. The van der Waals surface area contributed by atoms with Crippen molar-refractivity contribution in [2.24, 2.45) is 5.92 Å². The molecule has 114 valence electrons. The molecular weight excluding hydrogens is 348 g/mol. The van der Waals surface area contributed by atoms with Gasteiger partial charge in [-0.15, -0.1) is 11.3 Å². The molecule has 0 aliphatic carbocycles. The highest BCUT2D eigenvalue weighted by molar-refractivity contribution is 9.10. The zero-order valence-corrected chi connectivity index (χ0v) is 14.6. The van der Waals surface area contributed by atoms with Crippen molar-refractivity contribution >= 4 is 27.3 Å². The van der Waals surface area contributed by atoms with Crippen LogP contribution in [0.3, 0.4) is 0 Å².